The van der Waals surface area contributed by atoms with Crippen LogP contribution in [-0.4, -0.2) is 22.2 Å². The largest absolute Gasteiger partial charge is 0.497 e. The van der Waals surface area contributed by atoms with Crippen LogP contribution in [0.15, 0.2) is 63.9 Å². The van der Waals surface area contributed by atoms with Crippen molar-refractivity contribution in [3.05, 3.63) is 80.9 Å². The van der Waals surface area contributed by atoms with Crippen LogP contribution in [0, 0.1) is 0 Å². The Bertz CT molecular complexity index is 1160. The van der Waals surface area contributed by atoms with Crippen molar-refractivity contribution in [1.29, 1.82) is 0 Å². The zero-order chi connectivity index (χ0) is 21.3. The molecule has 0 unspecified atom stereocenters. The summed E-state index contributed by atoms with van der Waals surface area (Å²) in [6.07, 6.45) is 1.70. The van der Waals surface area contributed by atoms with Crippen molar-refractivity contribution in [3.8, 4) is 17.1 Å². The molecule has 2 heterocycles. The minimum absolute atomic E-state index is 0.145. The first-order valence-corrected chi connectivity index (χ1v) is 10.9. The molecule has 1 aliphatic heterocycles. The molecule has 1 saturated heterocycles. The molecule has 1 aromatic heterocycles. The van der Waals surface area contributed by atoms with Gasteiger partial charge in [0.2, 0.25) is 0 Å². The van der Waals surface area contributed by atoms with Gasteiger partial charge in [-0.05, 0) is 48.0 Å². The SMILES string of the molecule is COc1ccc(CN2C(=O)/C(=C\c3ccc(-c4ccc(Cl)c(Cl)c4)o3)SC2=S)cc1. The van der Waals surface area contributed by atoms with Crippen molar-refractivity contribution >= 4 is 63.5 Å². The van der Waals surface area contributed by atoms with Gasteiger partial charge >= 0.3 is 0 Å². The number of thiocarbonyl (C=S) groups is 1. The van der Waals surface area contributed by atoms with Crippen molar-refractivity contribution in [1.82, 2.24) is 4.90 Å². The highest BCUT2D eigenvalue weighted by molar-refractivity contribution is 8.26. The maximum absolute atomic E-state index is 12.9. The Balaban J connectivity index is 1.51. The summed E-state index contributed by atoms with van der Waals surface area (Å²) in [6.45, 7) is 0.401. The van der Waals surface area contributed by atoms with Crippen molar-refractivity contribution in [3.63, 3.8) is 0 Å². The van der Waals surface area contributed by atoms with Gasteiger partial charge in [0.15, 0.2) is 0 Å². The topological polar surface area (TPSA) is 42.7 Å². The van der Waals surface area contributed by atoms with E-state index in [2.05, 4.69) is 0 Å². The highest BCUT2D eigenvalue weighted by Gasteiger charge is 2.32. The number of benzene rings is 2. The smallest absolute Gasteiger partial charge is 0.266 e. The third-order valence-electron chi connectivity index (χ3n) is 4.48. The fourth-order valence-corrected chi connectivity index (χ4v) is 4.45. The standard InChI is InChI=1S/C22H15Cl2NO3S2/c1-27-15-5-2-13(3-6-15)12-25-21(26)20(30-22(25)29)11-16-7-9-19(28-16)14-4-8-17(23)18(24)10-14/h2-11H,12H2,1H3/b20-11+. The first kappa shape index (κ1) is 21.0. The molecule has 1 amide bonds. The Morgan fingerprint density at radius 2 is 1.87 bits per heavy atom. The second-order valence-electron chi connectivity index (χ2n) is 6.45. The van der Waals surface area contributed by atoms with Crippen LogP contribution in [0.3, 0.4) is 0 Å². The predicted octanol–water partition coefficient (Wildman–Crippen LogP) is 6.66. The Kier molecular flexibility index (Phi) is 6.20. The second kappa shape index (κ2) is 8.86. The van der Waals surface area contributed by atoms with Crippen molar-refractivity contribution in [2.45, 2.75) is 6.54 Å². The summed E-state index contributed by atoms with van der Waals surface area (Å²) in [5, 5.41) is 0.930. The number of carbonyl (C=O) groups is 1. The number of rotatable bonds is 5. The fraction of sp³-hybridized carbons (Fsp3) is 0.0909. The maximum atomic E-state index is 12.9. The molecule has 0 bridgehead atoms. The van der Waals surface area contributed by atoms with Gasteiger partial charge in [-0.15, -0.1) is 0 Å². The Morgan fingerprint density at radius 1 is 1.10 bits per heavy atom. The van der Waals surface area contributed by atoms with E-state index >= 15 is 0 Å². The summed E-state index contributed by atoms with van der Waals surface area (Å²) < 4.78 is 11.5. The van der Waals surface area contributed by atoms with Gasteiger partial charge < -0.3 is 9.15 Å². The summed E-state index contributed by atoms with van der Waals surface area (Å²) in [6, 6.07) is 16.4. The molecule has 0 saturated carbocycles. The lowest BCUT2D eigenvalue weighted by atomic mass is 10.2. The summed E-state index contributed by atoms with van der Waals surface area (Å²) in [5.41, 5.74) is 1.77. The number of ether oxygens (including phenoxy) is 1. The highest BCUT2D eigenvalue weighted by atomic mass is 35.5. The molecule has 4 nitrogen and oxygen atoms in total. The molecule has 4 rings (SSSR count). The van der Waals surface area contributed by atoms with Crippen LogP contribution >= 0.6 is 47.2 Å². The molecule has 3 aromatic rings. The molecule has 1 fully saturated rings. The van der Waals surface area contributed by atoms with E-state index in [1.165, 1.54) is 11.8 Å². The van der Waals surface area contributed by atoms with Crippen LogP contribution < -0.4 is 4.74 Å². The molecule has 0 spiro atoms. The first-order chi connectivity index (χ1) is 14.4. The van der Waals surface area contributed by atoms with Gasteiger partial charge in [0.1, 0.15) is 21.6 Å². The van der Waals surface area contributed by atoms with Gasteiger partial charge in [0.05, 0.1) is 28.6 Å². The average molecular weight is 476 g/mol. The summed E-state index contributed by atoms with van der Waals surface area (Å²) in [5.74, 6) is 1.81. The van der Waals surface area contributed by atoms with Crippen LogP contribution in [0.4, 0.5) is 0 Å². The van der Waals surface area contributed by atoms with Gasteiger partial charge in [0.25, 0.3) is 5.91 Å². The van der Waals surface area contributed by atoms with Crippen LogP contribution in [0.2, 0.25) is 10.0 Å². The Hall–Kier alpha value is -2.25. The zero-order valence-electron chi connectivity index (χ0n) is 15.7. The minimum Gasteiger partial charge on any atom is -0.497 e. The van der Waals surface area contributed by atoms with Gasteiger partial charge in [-0.2, -0.15) is 0 Å². The van der Waals surface area contributed by atoms with E-state index in [4.69, 9.17) is 44.6 Å². The summed E-state index contributed by atoms with van der Waals surface area (Å²) in [7, 11) is 1.61. The molecule has 1 aliphatic rings. The second-order valence-corrected chi connectivity index (χ2v) is 8.94. The van der Waals surface area contributed by atoms with E-state index in [-0.39, 0.29) is 5.91 Å². The number of hydrogen-bond donors (Lipinski definition) is 0. The molecule has 8 heteroatoms. The third-order valence-corrected chi connectivity index (χ3v) is 6.59. The van der Waals surface area contributed by atoms with Gasteiger partial charge in [-0.3, -0.25) is 9.69 Å². The van der Waals surface area contributed by atoms with Crippen LogP contribution in [0.5, 0.6) is 5.75 Å². The lowest BCUT2D eigenvalue weighted by molar-refractivity contribution is -0.122. The molecule has 2 aromatic carbocycles. The number of methoxy groups -OCH3 is 1. The normalized spacial score (nSPS) is 15.3. The van der Waals surface area contributed by atoms with Crippen LogP contribution in [0.25, 0.3) is 17.4 Å². The number of nitrogens with zero attached hydrogens (tertiary/aromatic N) is 1. The molecule has 30 heavy (non-hydrogen) atoms. The number of furan rings is 1. The Morgan fingerprint density at radius 3 is 2.57 bits per heavy atom. The number of thioether (sulfide) groups is 1. The van der Waals surface area contributed by atoms with Crippen molar-refractivity contribution in [2.75, 3.05) is 7.11 Å². The number of halogens is 2. The molecular weight excluding hydrogens is 461 g/mol. The van der Waals surface area contributed by atoms with Gasteiger partial charge in [-0.25, -0.2) is 0 Å². The number of carbonyl (C=O) groups excluding carboxylic acids is 1. The zero-order valence-corrected chi connectivity index (χ0v) is 18.9. The van der Waals surface area contributed by atoms with E-state index in [9.17, 15) is 4.79 Å². The van der Waals surface area contributed by atoms with Crippen molar-refractivity contribution in [2.24, 2.45) is 0 Å². The monoisotopic (exact) mass is 475 g/mol. The fourth-order valence-electron chi connectivity index (χ4n) is 2.91. The summed E-state index contributed by atoms with van der Waals surface area (Å²) >= 11 is 18.7. The predicted molar refractivity (Wildman–Crippen MR) is 126 cm³/mol. The van der Waals surface area contributed by atoms with Gasteiger partial charge in [0, 0.05) is 11.6 Å². The molecule has 0 N–H and O–H groups in total. The van der Waals surface area contributed by atoms with E-state index in [1.54, 1.807) is 36.3 Å². The molecular formula is C22H15Cl2NO3S2. The lowest BCUT2D eigenvalue weighted by Gasteiger charge is -2.14. The lowest BCUT2D eigenvalue weighted by Crippen LogP contribution is -2.27. The maximum Gasteiger partial charge on any atom is 0.266 e. The van der Waals surface area contributed by atoms with E-state index in [0.717, 1.165) is 16.9 Å². The van der Waals surface area contributed by atoms with Crippen molar-refractivity contribution < 1.29 is 13.9 Å². The quantitative estimate of drug-likeness (QED) is 0.304. The molecule has 0 aliphatic carbocycles. The minimum atomic E-state index is -0.145. The van der Waals surface area contributed by atoms with Gasteiger partial charge in [-0.1, -0.05) is 59.3 Å². The van der Waals surface area contributed by atoms with E-state index < -0.39 is 0 Å². The van der Waals surface area contributed by atoms with Crippen LogP contribution in [0.1, 0.15) is 11.3 Å². The molecule has 0 atom stereocenters. The third kappa shape index (κ3) is 4.42. The van der Waals surface area contributed by atoms with E-state index in [0.29, 0.717) is 37.3 Å². The van der Waals surface area contributed by atoms with Crippen LogP contribution in [-0.2, 0) is 11.3 Å². The first-order valence-electron chi connectivity index (χ1n) is 8.88. The molecule has 0 radical (unpaired) electrons. The van der Waals surface area contributed by atoms with E-state index in [1.807, 2.05) is 36.4 Å². The molecule has 152 valence electrons. The summed E-state index contributed by atoms with van der Waals surface area (Å²) in [4.78, 5) is 15.0. The highest BCUT2D eigenvalue weighted by Crippen LogP contribution is 2.35. The number of amides is 1. The Labute approximate surface area is 193 Å². The average Bonchev–Trinajstić information content (AvgIpc) is 3.31. The number of hydrogen-bond acceptors (Lipinski definition) is 5.